The molecule has 0 bridgehead atoms. The minimum atomic E-state index is -0.445. The molecule has 0 aromatic heterocycles. The van der Waals surface area contributed by atoms with Crippen molar-refractivity contribution in [2.75, 3.05) is 0 Å². The molecule has 0 fully saturated rings. The number of benzene rings is 1. The van der Waals surface area contributed by atoms with Crippen LogP contribution in [0.15, 0.2) is 24.3 Å². The van der Waals surface area contributed by atoms with Crippen molar-refractivity contribution in [2.24, 2.45) is 0 Å². The van der Waals surface area contributed by atoms with Crippen molar-refractivity contribution in [3.8, 4) is 5.75 Å². The van der Waals surface area contributed by atoms with Gasteiger partial charge in [0, 0.05) is 0 Å². The number of ether oxygens (including phenoxy) is 1. The number of fused-ring (bicyclic) bond motifs is 1. The van der Waals surface area contributed by atoms with Crippen LogP contribution in [0.5, 0.6) is 5.75 Å². The predicted molar refractivity (Wildman–Crippen MR) is 43.3 cm³/mol. The highest BCUT2D eigenvalue weighted by Gasteiger charge is 2.24. The zero-order valence-electron chi connectivity index (χ0n) is 6.65. The van der Waals surface area contributed by atoms with Gasteiger partial charge in [-0.05, 0) is 19.1 Å². The average molecular weight is 162 g/mol. The van der Waals surface area contributed by atoms with E-state index in [4.69, 9.17) is 4.74 Å². The molecule has 0 saturated heterocycles. The molecule has 1 heterocycles. The molecule has 12 heavy (non-hydrogen) atoms. The Morgan fingerprint density at radius 3 is 3.00 bits per heavy atom. The summed E-state index contributed by atoms with van der Waals surface area (Å²) in [5, 5.41) is 3.86. The summed E-state index contributed by atoms with van der Waals surface area (Å²) < 4.78 is 5.30. The van der Waals surface area contributed by atoms with Crippen LogP contribution in [0.3, 0.4) is 0 Å². The second-order valence-corrected chi connectivity index (χ2v) is 2.68. The van der Waals surface area contributed by atoms with Crippen molar-refractivity contribution in [2.45, 2.75) is 13.0 Å². The SMILES string of the molecule is CC1Oc2ccccc2[N]C1=O. The molecule has 1 atom stereocenters. The number of amides is 1. The van der Waals surface area contributed by atoms with Crippen molar-refractivity contribution in [3.63, 3.8) is 0 Å². The summed E-state index contributed by atoms with van der Waals surface area (Å²) in [6, 6.07) is 7.26. The molecule has 61 valence electrons. The van der Waals surface area contributed by atoms with E-state index in [0.717, 1.165) is 0 Å². The molecule has 1 amide bonds. The molecule has 3 nitrogen and oxygen atoms in total. The predicted octanol–water partition coefficient (Wildman–Crippen LogP) is 1.23. The van der Waals surface area contributed by atoms with E-state index in [0.29, 0.717) is 11.4 Å². The van der Waals surface area contributed by atoms with E-state index in [9.17, 15) is 4.79 Å². The van der Waals surface area contributed by atoms with Gasteiger partial charge < -0.3 is 4.74 Å². The van der Waals surface area contributed by atoms with E-state index < -0.39 is 6.10 Å². The molecule has 1 aromatic rings. The van der Waals surface area contributed by atoms with Gasteiger partial charge in [-0.2, -0.15) is 0 Å². The Bertz CT molecular complexity index is 322. The van der Waals surface area contributed by atoms with E-state index in [2.05, 4.69) is 5.32 Å². The molecule has 1 aliphatic rings. The summed E-state index contributed by atoms with van der Waals surface area (Å²) in [6.45, 7) is 1.70. The number of nitrogens with zero attached hydrogens (tertiary/aromatic N) is 1. The molecule has 1 radical (unpaired) electrons. The Balaban J connectivity index is 2.40. The first kappa shape index (κ1) is 7.16. The van der Waals surface area contributed by atoms with Crippen LogP contribution >= 0.6 is 0 Å². The van der Waals surface area contributed by atoms with Crippen LogP contribution in [-0.2, 0) is 4.79 Å². The minimum Gasteiger partial charge on any atom is -0.479 e. The van der Waals surface area contributed by atoms with E-state index in [-0.39, 0.29) is 5.91 Å². The number of carbonyl (C=O) groups excluding carboxylic acids is 1. The highest BCUT2D eigenvalue weighted by molar-refractivity contribution is 5.87. The van der Waals surface area contributed by atoms with Crippen molar-refractivity contribution in [1.29, 1.82) is 0 Å². The zero-order valence-corrected chi connectivity index (χ0v) is 6.65. The van der Waals surface area contributed by atoms with Gasteiger partial charge in [0.25, 0.3) is 5.91 Å². The maximum atomic E-state index is 11.1. The molecule has 0 aliphatic carbocycles. The zero-order chi connectivity index (χ0) is 8.55. The fraction of sp³-hybridized carbons (Fsp3) is 0.222. The molecule has 1 aromatic carbocycles. The lowest BCUT2D eigenvalue weighted by atomic mass is 10.2. The van der Waals surface area contributed by atoms with E-state index in [1.165, 1.54) is 0 Å². The number of carbonyl (C=O) groups is 1. The summed E-state index contributed by atoms with van der Waals surface area (Å²) in [7, 11) is 0. The van der Waals surface area contributed by atoms with Crippen LogP contribution in [-0.4, -0.2) is 12.0 Å². The second kappa shape index (κ2) is 2.52. The molecule has 0 spiro atoms. The summed E-state index contributed by atoms with van der Waals surface area (Å²) >= 11 is 0. The number of hydrogen-bond donors (Lipinski definition) is 0. The number of para-hydroxylation sites is 2. The number of rotatable bonds is 0. The Labute approximate surface area is 70.3 Å². The van der Waals surface area contributed by atoms with Gasteiger partial charge >= 0.3 is 0 Å². The third kappa shape index (κ3) is 1.03. The topological polar surface area (TPSA) is 40.4 Å². The Morgan fingerprint density at radius 1 is 1.42 bits per heavy atom. The van der Waals surface area contributed by atoms with Crippen LogP contribution < -0.4 is 10.1 Å². The largest absolute Gasteiger partial charge is 0.479 e. The van der Waals surface area contributed by atoms with Gasteiger partial charge in [0.05, 0.1) is 0 Å². The van der Waals surface area contributed by atoms with E-state index >= 15 is 0 Å². The molecular weight excluding hydrogens is 154 g/mol. The molecule has 0 saturated carbocycles. The highest BCUT2D eigenvalue weighted by Crippen LogP contribution is 2.28. The normalized spacial score (nSPS) is 20.8. The lowest BCUT2D eigenvalue weighted by molar-refractivity contribution is -0.127. The fourth-order valence-electron chi connectivity index (χ4n) is 1.10. The quantitative estimate of drug-likeness (QED) is 0.575. The molecule has 1 aliphatic heterocycles. The lowest BCUT2D eigenvalue weighted by Crippen LogP contribution is -2.33. The fourth-order valence-corrected chi connectivity index (χ4v) is 1.10. The minimum absolute atomic E-state index is 0.214. The Hall–Kier alpha value is -1.51. The van der Waals surface area contributed by atoms with Crippen LogP contribution in [0.25, 0.3) is 0 Å². The molecule has 1 unspecified atom stereocenters. The first-order valence-corrected chi connectivity index (χ1v) is 3.78. The van der Waals surface area contributed by atoms with Gasteiger partial charge in [-0.1, -0.05) is 12.1 Å². The van der Waals surface area contributed by atoms with Gasteiger partial charge in [0.2, 0.25) is 0 Å². The standard InChI is InChI=1S/C9H8NO2/c1-6-9(11)10-7-4-2-3-5-8(7)12-6/h2-6H,1H3. The maximum Gasteiger partial charge on any atom is 0.287 e. The van der Waals surface area contributed by atoms with Crippen LogP contribution in [0.4, 0.5) is 5.69 Å². The first-order valence-electron chi connectivity index (χ1n) is 3.78. The lowest BCUT2D eigenvalue weighted by Gasteiger charge is -2.20. The van der Waals surface area contributed by atoms with E-state index in [1.54, 1.807) is 13.0 Å². The summed E-state index contributed by atoms with van der Waals surface area (Å²) in [5.74, 6) is 0.471. The first-order chi connectivity index (χ1) is 5.77. The smallest absolute Gasteiger partial charge is 0.287 e. The van der Waals surface area contributed by atoms with Gasteiger partial charge in [-0.3, -0.25) is 4.79 Å². The maximum absolute atomic E-state index is 11.1. The molecule has 3 heteroatoms. The summed E-state index contributed by atoms with van der Waals surface area (Å²) in [4.78, 5) is 11.1. The van der Waals surface area contributed by atoms with Crippen LogP contribution in [0.2, 0.25) is 0 Å². The van der Waals surface area contributed by atoms with Crippen LogP contribution in [0.1, 0.15) is 6.92 Å². The third-order valence-corrected chi connectivity index (χ3v) is 1.75. The molecule has 0 N–H and O–H groups in total. The van der Waals surface area contributed by atoms with E-state index in [1.807, 2.05) is 18.2 Å². The van der Waals surface area contributed by atoms with Crippen LogP contribution in [0, 0.1) is 0 Å². The average Bonchev–Trinajstić information content (AvgIpc) is 2.07. The van der Waals surface area contributed by atoms with Crippen molar-refractivity contribution >= 4 is 11.6 Å². The van der Waals surface area contributed by atoms with Crippen molar-refractivity contribution in [3.05, 3.63) is 24.3 Å². The second-order valence-electron chi connectivity index (χ2n) is 2.68. The monoisotopic (exact) mass is 162 g/mol. The van der Waals surface area contributed by atoms with Gasteiger partial charge in [-0.15, -0.1) is 0 Å². The summed E-state index contributed by atoms with van der Waals surface area (Å²) in [5.41, 5.74) is 0.626. The van der Waals surface area contributed by atoms with Gasteiger partial charge in [-0.25, -0.2) is 5.32 Å². The summed E-state index contributed by atoms with van der Waals surface area (Å²) in [6.07, 6.45) is -0.445. The van der Waals surface area contributed by atoms with Crippen molar-refractivity contribution < 1.29 is 9.53 Å². The third-order valence-electron chi connectivity index (χ3n) is 1.75. The molecule has 2 rings (SSSR count). The van der Waals surface area contributed by atoms with Crippen molar-refractivity contribution in [1.82, 2.24) is 5.32 Å². The van der Waals surface area contributed by atoms with Gasteiger partial charge in [0.1, 0.15) is 11.4 Å². The highest BCUT2D eigenvalue weighted by atomic mass is 16.5. The Kier molecular flexibility index (Phi) is 1.50. The number of hydrogen-bond acceptors (Lipinski definition) is 2. The van der Waals surface area contributed by atoms with Gasteiger partial charge in [0.15, 0.2) is 6.10 Å². The Morgan fingerprint density at radius 2 is 2.17 bits per heavy atom. The molecular formula is C9H8NO2.